The first-order chi connectivity index (χ1) is 10.6. The number of nitrogens with zero attached hydrogens (tertiary/aromatic N) is 2. The molecule has 0 spiro atoms. The molecule has 1 aromatic carbocycles. The molecule has 2 N–H and O–H groups in total. The number of carbonyl (C=O) groups excluding carboxylic acids is 2. The maximum absolute atomic E-state index is 13.2. The molecule has 22 heavy (non-hydrogen) atoms. The number of hydrogen-bond donors (Lipinski definition) is 1. The Morgan fingerprint density at radius 2 is 1.86 bits per heavy atom. The molecule has 0 saturated carbocycles. The monoisotopic (exact) mass is 307 g/mol. The third-order valence-corrected chi connectivity index (χ3v) is 3.80. The van der Waals surface area contributed by atoms with Crippen molar-refractivity contribution in [1.82, 2.24) is 9.80 Å². The summed E-state index contributed by atoms with van der Waals surface area (Å²) in [6.07, 6.45) is 1.87. The van der Waals surface area contributed by atoms with Crippen molar-refractivity contribution in [2.45, 2.75) is 19.3 Å². The molecule has 1 saturated heterocycles. The van der Waals surface area contributed by atoms with Crippen molar-refractivity contribution < 1.29 is 14.0 Å². The fourth-order valence-electron chi connectivity index (χ4n) is 2.59. The summed E-state index contributed by atoms with van der Waals surface area (Å²) in [5, 5.41) is 0. The first-order valence-corrected chi connectivity index (χ1v) is 7.64. The molecule has 0 aromatic heterocycles. The van der Waals surface area contributed by atoms with Crippen LogP contribution in [-0.4, -0.2) is 54.3 Å². The molecule has 0 radical (unpaired) electrons. The van der Waals surface area contributed by atoms with Gasteiger partial charge in [0, 0.05) is 38.2 Å². The SMILES string of the molecule is NCCCC(=O)N1CCCN(C(=O)c2cccc(F)c2)CC1. The molecule has 1 aromatic rings. The number of nitrogens with two attached hydrogens (primary N) is 1. The van der Waals surface area contributed by atoms with E-state index in [4.69, 9.17) is 5.73 Å². The molecule has 0 unspecified atom stereocenters. The minimum Gasteiger partial charge on any atom is -0.341 e. The highest BCUT2D eigenvalue weighted by Crippen LogP contribution is 2.11. The van der Waals surface area contributed by atoms with Gasteiger partial charge >= 0.3 is 0 Å². The summed E-state index contributed by atoms with van der Waals surface area (Å²) in [7, 11) is 0. The van der Waals surface area contributed by atoms with Gasteiger partial charge in [0.25, 0.3) is 5.91 Å². The van der Waals surface area contributed by atoms with Crippen LogP contribution in [0.4, 0.5) is 4.39 Å². The maximum atomic E-state index is 13.2. The maximum Gasteiger partial charge on any atom is 0.254 e. The lowest BCUT2D eigenvalue weighted by Gasteiger charge is -2.22. The Morgan fingerprint density at radius 1 is 1.14 bits per heavy atom. The van der Waals surface area contributed by atoms with E-state index < -0.39 is 5.82 Å². The van der Waals surface area contributed by atoms with E-state index in [1.54, 1.807) is 15.9 Å². The van der Waals surface area contributed by atoms with E-state index in [2.05, 4.69) is 0 Å². The molecule has 1 aliphatic heterocycles. The first-order valence-electron chi connectivity index (χ1n) is 7.64. The molecular formula is C16H22FN3O2. The number of carbonyl (C=O) groups is 2. The summed E-state index contributed by atoms with van der Waals surface area (Å²) < 4.78 is 13.2. The summed E-state index contributed by atoms with van der Waals surface area (Å²) in [6.45, 7) is 2.73. The molecule has 1 heterocycles. The van der Waals surface area contributed by atoms with E-state index in [-0.39, 0.29) is 11.8 Å². The third-order valence-electron chi connectivity index (χ3n) is 3.80. The van der Waals surface area contributed by atoms with Crippen LogP contribution in [0.15, 0.2) is 24.3 Å². The Labute approximate surface area is 129 Å². The standard InChI is InChI=1S/C16H22FN3O2/c17-14-5-1-4-13(12-14)16(22)20-9-3-8-19(10-11-20)15(21)6-2-7-18/h1,4-5,12H,2-3,6-11,18H2. The summed E-state index contributed by atoms with van der Waals surface area (Å²) >= 11 is 0. The zero-order valence-electron chi connectivity index (χ0n) is 12.6. The molecule has 0 atom stereocenters. The topological polar surface area (TPSA) is 66.6 Å². The van der Waals surface area contributed by atoms with Crippen molar-refractivity contribution >= 4 is 11.8 Å². The molecule has 6 heteroatoms. The van der Waals surface area contributed by atoms with Gasteiger partial charge in [-0.15, -0.1) is 0 Å². The lowest BCUT2D eigenvalue weighted by molar-refractivity contribution is -0.131. The van der Waals surface area contributed by atoms with Gasteiger partial charge in [-0.2, -0.15) is 0 Å². The van der Waals surface area contributed by atoms with Crippen LogP contribution < -0.4 is 5.73 Å². The Morgan fingerprint density at radius 3 is 2.59 bits per heavy atom. The van der Waals surface area contributed by atoms with Gasteiger partial charge in [0.15, 0.2) is 0 Å². The second-order valence-electron chi connectivity index (χ2n) is 5.43. The van der Waals surface area contributed by atoms with Gasteiger partial charge in [0.2, 0.25) is 5.91 Å². The van der Waals surface area contributed by atoms with E-state index in [1.165, 1.54) is 18.2 Å². The van der Waals surface area contributed by atoms with E-state index >= 15 is 0 Å². The predicted molar refractivity (Wildman–Crippen MR) is 81.8 cm³/mol. The quantitative estimate of drug-likeness (QED) is 0.910. The van der Waals surface area contributed by atoms with Gasteiger partial charge in [0.1, 0.15) is 5.82 Å². The molecule has 1 aliphatic rings. The van der Waals surface area contributed by atoms with Crippen molar-refractivity contribution in [1.29, 1.82) is 0 Å². The van der Waals surface area contributed by atoms with Crippen molar-refractivity contribution in [2.24, 2.45) is 5.73 Å². The van der Waals surface area contributed by atoms with Gasteiger partial charge in [-0.1, -0.05) is 6.07 Å². The Bertz CT molecular complexity index is 536. The summed E-state index contributed by atoms with van der Waals surface area (Å²) in [6, 6.07) is 5.71. The van der Waals surface area contributed by atoms with Gasteiger partial charge < -0.3 is 15.5 Å². The molecule has 0 bridgehead atoms. The van der Waals surface area contributed by atoms with Crippen LogP contribution >= 0.6 is 0 Å². The van der Waals surface area contributed by atoms with Crippen LogP contribution in [-0.2, 0) is 4.79 Å². The van der Waals surface area contributed by atoms with Crippen molar-refractivity contribution in [3.8, 4) is 0 Å². The van der Waals surface area contributed by atoms with Crippen molar-refractivity contribution in [2.75, 3.05) is 32.7 Å². The smallest absolute Gasteiger partial charge is 0.254 e. The number of rotatable bonds is 4. The highest BCUT2D eigenvalue weighted by atomic mass is 19.1. The fraction of sp³-hybridized carbons (Fsp3) is 0.500. The molecule has 0 aliphatic carbocycles. The van der Waals surface area contributed by atoms with Crippen LogP contribution in [0.2, 0.25) is 0 Å². The van der Waals surface area contributed by atoms with E-state index in [0.29, 0.717) is 51.1 Å². The zero-order valence-corrected chi connectivity index (χ0v) is 12.6. The summed E-state index contributed by atoms with van der Waals surface area (Å²) in [5.41, 5.74) is 5.77. The van der Waals surface area contributed by atoms with E-state index in [9.17, 15) is 14.0 Å². The normalized spacial score (nSPS) is 15.5. The Kier molecular flexibility index (Phi) is 5.89. The number of hydrogen-bond acceptors (Lipinski definition) is 3. The van der Waals surface area contributed by atoms with Crippen LogP contribution in [0.5, 0.6) is 0 Å². The second-order valence-corrected chi connectivity index (χ2v) is 5.43. The molecular weight excluding hydrogens is 285 g/mol. The Hall–Kier alpha value is -1.95. The molecule has 2 rings (SSSR count). The predicted octanol–water partition coefficient (Wildman–Crippen LogP) is 1.24. The summed E-state index contributed by atoms with van der Waals surface area (Å²) in [5.74, 6) is -0.513. The number of amides is 2. The van der Waals surface area contributed by atoms with Gasteiger partial charge in [0.05, 0.1) is 0 Å². The van der Waals surface area contributed by atoms with Crippen LogP contribution in [0.1, 0.15) is 29.6 Å². The number of halogens is 1. The highest BCUT2D eigenvalue weighted by Gasteiger charge is 2.22. The van der Waals surface area contributed by atoms with Gasteiger partial charge in [-0.3, -0.25) is 9.59 Å². The van der Waals surface area contributed by atoms with Crippen LogP contribution in [0.25, 0.3) is 0 Å². The zero-order chi connectivity index (χ0) is 15.9. The molecule has 2 amide bonds. The largest absolute Gasteiger partial charge is 0.341 e. The highest BCUT2D eigenvalue weighted by molar-refractivity contribution is 5.94. The molecule has 5 nitrogen and oxygen atoms in total. The lowest BCUT2D eigenvalue weighted by atomic mass is 10.2. The average Bonchev–Trinajstić information content (AvgIpc) is 2.78. The number of benzene rings is 1. The van der Waals surface area contributed by atoms with Gasteiger partial charge in [-0.05, 0) is 37.6 Å². The van der Waals surface area contributed by atoms with E-state index in [0.717, 1.165) is 6.42 Å². The van der Waals surface area contributed by atoms with Crippen LogP contribution in [0.3, 0.4) is 0 Å². The van der Waals surface area contributed by atoms with Gasteiger partial charge in [-0.25, -0.2) is 4.39 Å². The van der Waals surface area contributed by atoms with Crippen molar-refractivity contribution in [3.05, 3.63) is 35.6 Å². The minimum absolute atomic E-state index is 0.0884. The van der Waals surface area contributed by atoms with Crippen LogP contribution in [0, 0.1) is 5.82 Å². The molecule has 1 fully saturated rings. The van der Waals surface area contributed by atoms with E-state index in [1.807, 2.05) is 0 Å². The lowest BCUT2D eigenvalue weighted by Crippen LogP contribution is -2.37. The van der Waals surface area contributed by atoms with Crippen molar-refractivity contribution in [3.63, 3.8) is 0 Å². The first kappa shape index (κ1) is 16.4. The molecule has 120 valence electrons. The minimum atomic E-state index is -0.417. The fourth-order valence-corrected chi connectivity index (χ4v) is 2.59. The second kappa shape index (κ2) is 7.89. The summed E-state index contributed by atoms with van der Waals surface area (Å²) in [4.78, 5) is 27.9. The third kappa shape index (κ3) is 4.27. The Balaban J connectivity index is 1.95. The average molecular weight is 307 g/mol.